The number of piperidine rings is 1. The summed E-state index contributed by atoms with van der Waals surface area (Å²) in [6, 6.07) is 5.98. The number of halogens is 7. The molecule has 1 amide bonds. The molecule has 1 N–H and O–H groups in total. The van der Waals surface area contributed by atoms with Crippen LogP contribution in [0.4, 0.5) is 37.8 Å². The average Bonchev–Trinajstić information content (AvgIpc) is 3.18. The molecule has 0 aliphatic carbocycles. The van der Waals surface area contributed by atoms with Crippen LogP contribution in [0.15, 0.2) is 30.3 Å². The summed E-state index contributed by atoms with van der Waals surface area (Å²) >= 11 is 5.59. The lowest BCUT2D eigenvalue weighted by atomic mass is 9.95. The average molecular weight is 493 g/mol. The number of fused-ring (bicyclic) bond motifs is 1. The number of carbonyl (C=O) groups is 1. The zero-order chi connectivity index (χ0) is 24.0. The first-order chi connectivity index (χ1) is 15.4. The fraction of sp³-hybridized carbons (Fsp3) is 0.368. The highest BCUT2D eigenvalue weighted by atomic mass is 35.5. The molecule has 2 aromatic heterocycles. The summed E-state index contributed by atoms with van der Waals surface area (Å²) in [6.07, 6.45) is -8.71. The first-order valence-electron chi connectivity index (χ1n) is 9.65. The summed E-state index contributed by atoms with van der Waals surface area (Å²) in [6.45, 7) is 0.628. The van der Waals surface area contributed by atoms with Crippen molar-refractivity contribution in [1.29, 1.82) is 0 Å². The Balaban J connectivity index is 1.42. The molecule has 3 heterocycles. The van der Waals surface area contributed by atoms with Gasteiger partial charge in [0, 0.05) is 24.7 Å². The molecule has 0 bridgehead atoms. The molecule has 1 saturated heterocycles. The van der Waals surface area contributed by atoms with Crippen LogP contribution in [0.5, 0.6) is 0 Å². The van der Waals surface area contributed by atoms with Gasteiger partial charge in [-0.05, 0) is 43.2 Å². The van der Waals surface area contributed by atoms with Crippen molar-refractivity contribution in [3.8, 4) is 0 Å². The molecule has 4 rings (SSSR count). The van der Waals surface area contributed by atoms with Gasteiger partial charge in [-0.25, -0.2) is 0 Å². The number of aromatic nitrogens is 4. The summed E-state index contributed by atoms with van der Waals surface area (Å²) in [7, 11) is 0. The van der Waals surface area contributed by atoms with Crippen LogP contribution in [0.3, 0.4) is 0 Å². The van der Waals surface area contributed by atoms with E-state index < -0.39 is 40.6 Å². The first kappa shape index (κ1) is 23.1. The number of anilines is 2. The van der Waals surface area contributed by atoms with E-state index in [1.807, 2.05) is 0 Å². The number of benzene rings is 1. The summed E-state index contributed by atoms with van der Waals surface area (Å²) < 4.78 is 78.8. The van der Waals surface area contributed by atoms with Gasteiger partial charge in [0.25, 0.3) is 5.82 Å². The minimum Gasteiger partial charge on any atom is -0.355 e. The maximum absolute atomic E-state index is 13.1. The lowest BCUT2D eigenvalue weighted by Crippen LogP contribution is -2.38. The summed E-state index contributed by atoms with van der Waals surface area (Å²) in [5, 5.41) is 12.6. The van der Waals surface area contributed by atoms with Gasteiger partial charge in [-0.15, -0.1) is 15.3 Å². The summed E-state index contributed by atoms with van der Waals surface area (Å²) in [5.41, 5.74) is -1.13. The van der Waals surface area contributed by atoms with Gasteiger partial charge in [0.05, 0.1) is 10.6 Å². The molecule has 1 aliphatic heterocycles. The standard InChI is InChI=1S/C19H15ClF6N6O/c20-13-2-1-11(9-12(13)18(21,22)23)27-16(33)10-5-7-31(8-6-10)15-4-3-14-28-29-17(19(24,25)26)32(14)30-15/h1-4,9-10H,5-8H2,(H,27,33). The zero-order valence-electron chi connectivity index (χ0n) is 16.6. The monoisotopic (exact) mass is 492 g/mol. The summed E-state index contributed by atoms with van der Waals surface area (Å²) in [5.74, 6) is -1.92. The maximum Gasteiger partial charge on any atom is 0.453 e. The molecule has 1 fully saturated rings. The predicted molar refractivity (Wildman–Crippen MR) is 106 cm³/mol. The third-order valence-electron chi connectivity index (χ3n) is 5.23. The van der Waals surface area contributed by atoms with E-state index in [-0.39, 0.29) is 17.2 Å². The van der Waals surface area contributed by atoms with Crippen molar-refractivity contribution >= 4 is 34.7 Å². The van der Waals surface area contributed by atoms with Crippen LogP contribution in [0.1, 0.15) is 24.2 Å². The molecule has 14 heteroatoms. The SMILES string of the molecule is O=C(Nc1ccc(Cl)c(C(F)(F)F)c1)C1CCN(c2ccc3nnc(C(F)(F)F)n3n2)CC1. The normalized spacial score (nSPS) is 15.8. The minimum atomic E-state index is -4.72. The van der Waals surface area contributed by atoms with Crippen molar-refractivity contribution in [3.05, 3.63) is 46.7 Å². The third-order valence-corrected chi connectivity index (χ3v) is 5.56. The molecule has 1 aliphatic rings. The number of hydrogen-bond donors (Lipinski definition) is 1. The number of nitrogens with zero attached hydrogens (tertiary/aromatic N) is 5. The van der Waals surface area contributed by atoms with Crippen LogP contribution < -0.4 is 10.2 Å². The van der Waals surface area contributed by atoms with E-state index in [1.54, 1.807) is 4.90 Å². The lowest BCUT2D eigenvalue weighted by Gasteiger charge is -2.32. The predicted octanol–water partition coefficient (Wildman–Crippen LogP) is 4.67. The van der Waals surface area contributed by atoms with Crippen LogP contribution in [0.25, 0.3) is 5.65 Å². The lowest BCUT2D eigenvalue weighted by molar-refractivity contribution is -0.146. The Labute approximate surface area is 187 Å². The van der Waals surface area contributed by atoms with Crippen molar-refractivity contribution in [2.24, 2.45) is 5.92 Å². The first-order valence-corrected chi connectivity index (χ1v) is 10.0. The molecule has 0 saturated carbocycles. The number of carbonyl (C=O) groups excluding carboxylic acids is 1. The van der Waals surface area contributed by atoms with E-state index in [2.05, 4.69) is 20.6 Å². The Kier molecular flexibility index (Phi) is 5.85. The molecule has 0 radical (unpaired) electrons. The highest BCUT2D eigenvalue weighted by Crippen LogP contribution is 2.36. The van der Waals surface area contributed by atoms with E-state index in [1.165, 1.54) is 18.2 Å². The van der Waals surface area contributed by atoms with Gasteiger partial charge in [-0.3, -0.25) is 4.79 Å². The smallest absolute Gasteiger partial charge is 0.355 e. The molecule has 0 spiro atoms. The van der Waals surface area contributed by atoms with Crippen LogP contribution in [-0.2, 0) is 17.1 Å². The fourth-order valence-corrected chi connectivity index (χ4v) is 3.78. The highest BCUT2D eigenvalue weighted by Gasteiger charge is 2.38. The van der Waals surface area contributed by atoms with Crippen molar-refractivity contribution < 1.29 is 31.1 Å². The summed E-state index contributed by atoms with van der Waals surface area (Å²) in [4.78, 5) is 14.3. The Hall–Kier alpha value is -3.09. The van der Waals surface area contributed by atoms with E-state index in [0.29, 0.717) is 30.4 Å². The second-order valence-electron chi connectivity index (χ2n) is 7.43. The molecule has 1 aromatic carbocycles. The van der Waals surface area contributed by atoms with Crippen molar-refractivity contribution in [2.45, 2.75) is 25.2 Å². The Morgan fingerprint density at radius 2 is 1.70 bits per heavy atom. The molecule has 176 valence electrons. The van der Waals surface area contributed by atoms with Crippen LogP contribution in [-0.4, -0.2) is 38.8 Å². The maximum atomic E-state index is 13.1. The highest BCUT2D eigenvalue weighted by molar-refractivity contribution is 6.31. The number of rotatable bonds is 3. The third kappa shape index (κ3) is 4.82. The number of amides is 1. The van der Waals surface area contributed by atoms with Gasteiger partial charge in [-0.1, -0.05) is 11.6 Å². The molecular formula is C19H15ClF6N6O. The van der Waals surface area contributed by atoms with Gasteiger partial charge < -0.3 is 10.2 Å². The molecular weight excluding hydrogens is 478 g/mol. The zero-order valence-corrected chi connectivity index (χ0v) is 17.3. The van der Waals surface area contributed by atoms with E-state index in [4.69, 9.17) is 11.6 Å². The topological polar surface area (TPSA) is 75.4 Å². The quantitative estimate of drug-likeness (QED) is 0.538. The van der Waals surface area contributed by atoms with E-state index in [9.17, 15) is 31.1 Å². The number of alkyl halides is 6. The number of hydrogen-bond acceptors (Lipinski definition) is 5. The van der Waals surface area contributed by atoms with Crippen LogP contribution >= 0.6 is 11.6 Å². The van der Waals surface area contributed by atoms with Gasteiger partial charge in [-0.2, -0.15) is 30.9 Å². The molecule has 33 heavy (non-hydrogen) atoms. The van der Waals surface area contributed by atoms with Crippen molar-refractivity contribution in [2.75, 3.05) is 23.3 Å². The Morgan fingerprint density at radius 1 is 1.00 bits per heavy atom. The molecule has 0 atom stereocenters. The fourth-order valence-electron chi connectivity index (χ4n) is 3.56. The second kappa shape index (κ2) is 8.36. The minimum absolute atomic E-state index is 0.0291. The molecule has 7 nitrogen and oxygen atoms in total. The van der Waals surface area contributed by atoms with Gasteiger partial charge in [0.15, 0.2) is 5.65 Å². The van der Waals surface area contributed by atoms with Crippen LogP contribution in [0.2, 0.25) is 5.02 Å². The molecule has 0 unspecified atom stereocenters. The second-order valence-corrected chi connectivity index (χ2v) is 7.83. The van der Waals surface area contributed by atoms with Gasteiger partial charge in [0.2, 0.25) is 5.91 Å². The van der Waals surface area contributed by atoms with Crippen molar-refractivity contribution in [1.82, 2.24) is 19.8 Å². The van der Waals surface area contributed by atoms with Crippen molar-refractivity contribution in [3.63, 3.8) is 0 Å². The number of nitrogens with one attached hydrogen (secondary N) is 1. The van der Waals surface area contributed by atoms with E-state index in [0.717, 1.165) is 12.1 Å². The van der Waals surface area contributed by atoms with E-state index >= 15 is 0 Å². The Morgan fingerprint density at radius 3 is 2.33 bits per heavy atom. The van der Waals surface area contributed by atoms with Gasteiger partial charge >= 0.3 is 12.4 Å². The van der Waals surface area contributed by atoms with Gasteiger partial charge in [0.1, 0.15) is 5.82 Å². The Bertz CT molecular complexity index is 1190. The largest absolute Gasteiger partial charge is 0.453 e. The van der Waals surface area contributed by atoms with Crippen LogP contribution in [0, 0.1) is 5.92 Å². The molecule has 3 aromatic rings.